The fourth-order valence-corrected chi connectivity index (χ4v) is 3.72. The molecule has 0 saturated carbocycles. The normalized spacial score (nSPS) is 10.9. The van der Waals surface area contributed by atoms with E-state index in [0.717, 1.165) is 16.7 Å². The molecule has 0 saturated heterocycles. The molecule has 0 aliphatic heterocycles. The highest BCUT2D eigenvalue weighted by Crippen LogP contribution is 2.19. The molecule has 9 nitrogen and oxygen atoms in total. The number of aromatic nitrogens is 1. The number of carboxylic acids is 1. The average molecular weight is 495 g/mol. The lowest BCUT2D eigenvalue weighted by molar-refractivity contribution is -0.136. The molecule has 1 heterocycles. The highest BCUT2D eigenvalue weighted by atomic mass is 16.7. The van der Waals surface area contributed by atoms with Crippen LogP contribution >= 0.6 is 0 Å². The summed E-state index contributed by atoms with van der Waals surface area (Å²) in [6, 6.07) is 16.8. The van der Waals surface area contributed by atoms with Crippen LogP contribution in [0.15, 0.2) is 65.6 Å². The highest BCUT2D eigenvalue weighted by Gasteiger charge is 2.25. The number of aryl methyl sites for hydroxylation is 1. The summed E-state index contributed by atoms with van der Waals surface area (Å²) in [4.78, 5) is 38.2. The third-order valence-corrected chi connectivity index (χ3v) is 5.50. The molecule has 36 heavy (non-hydrogen) atoms. The Hall–Kier alpha value is -3.95. The van der Waals surface area contributed by atoms with Gasteiger partial charge in [0.1, 0.15) is 6.61 Å². The fraction of sp³-hybridized carbons (Fsp3) is 0.296. The maximum atomic E-state index is 13.5. The number of carbonyl (C=O) groups excluding carboxylic acids is 1. The van der Waals surface area contributed by atoms with Gasteiger partial charge in [0.25, 0.3) is 5.91 Å². The van der Waals surface area contributed by atoms with Gasteiger partial charge in [-0.05, 0) is 18.1 Å². The van der Waals surface area contributed by atoms with Crippen LogP contribution in [0.3, 0.4) is 0 Å². The van der Waals surface area contributed by atoms with Gasteiger partial charge in [0.2, 0.25) is 5.43 Å². The molecular weight excluding hydrogens is 464 g/mol. The number of aliphatic carboxylic acids is 1. The summed E-state index contributed by atoms with van der Waals surface area (Å²) in [5.41, 5.74) is 2.00. The van der Waals surface area contributed by atoms with Gasteiger partial charge >= 0.3 is 5.97 Å². The van der Waals surface area contributed by atoms with Crippen LogP contribution in [-0.2, 0) is 40.4 Å². The molecule has 2 aromatic carbocycles. The standard InChI is InChI=1S/C27H30N2O7/c1-18-8-7-11-20(12-18)14-28-27(33)24-26(36-17-19-9-5-4-6-10-19)25(32)21(13-22(30)31)15-29(24)16-23(34-2)35-3/h4-12,15,23H,13-14,16-17H2,1-3H3,(H,28,33)(H,30,31). The van der Waals surface area contributed by atoms with Crippen molar-refractivity contribution in [1.29, 1.82) is 0 Å². The Bertz CT molecular complexity index is 1250. The van der Waals surface area contributed by atoms with Gasteiger partial charge < -0.3 is 29.2 Å². The summed E-state index contributed by atoms with van der Waals surface area (Å²) in [5, 5.41) is 12.2. The summed E-state index contributed by atoms with van der Waals surface area (Å²) in [6.07, 6.45) is 0.0601. The van der Waals surface area contributed by atoms with Gasteiger partial charge in [-0.15, -0.1) is 0 Å². The summed E-state index contributed by atoms with van der Waals surface area (Å²) in [6.45, 7) is 2.22. The molecule has 9 heteroatoms. The number of nitrogens with zero attached hydrogens (tertiary/aromatic N) is 1. The van der Waals surface area contributed by atoms with Crippen molar-refractivity contribution in [3.05, 3.63) is 99.0 Å². The maximum absolute atomic E-state index is 13.5. The lowest BCUT2D eigenvalue weighted by Gasteiger charge is -2.22. The molecule has 1 aromatic heterocycles. The van der Waals surface area contributed by atoms with E-state index >= 15 is 0 Å². The lowest BCUT2D eigenvalue weighted by Crippen LogP contribution is -2.34. The third-order valence-electron chi connectivity index (χ3n) is 5.50. The van der Waals surface area contributed by atoms with Crippen molar-refractivity contribution < 1.29 is 28.9 Å². The predicted molar refractivity (Wildman–Crippen MR) is 133 cm³/mol. The second-order valence-corrected chi connectivity index (χ2v) is 8.23. The van der Waals surface area contributed by atoms with E-state index < -0.39 is 30.0 Å². The number of hydrogen-bond acceptors (Lipinski definition) is 6. The molecule has 0 spiro atoms. The van der Waals surface area contributed by atoms with Crippen LogP contribution in [-0.4, -0.2) is 42.1 Å². The van der Waals surface area contributed by atoms with Crippen molar-refractivity contribution >= 4 is 11.9 Å². The Morgan fingerprint density at radius 3 is 2.36 bits per heavy atom. The molecule has 0 radical (unpaired) electrons. The Labute approximate surface area is 209 Å². The zero-order valence-corrected chi connectivity index (χ0v) is 20.5. The molecule has 1 amide bonds. The molecule has 3 rings (SSSR count). The number of nitrogens with one attached hydrogen (secondary N) is 1. The first kappa shape index (κ1) is 26.7. The second kappa shape index (κ2) is 12.7. The summed E-state index contributed by atoms with van der Waals surface area (Å²) < 4.78 is 17.9. The number of carboxylic acid groups (broad SMARTS) is 1. The van der Waals surface area contributed by atoms with Gasteiger partial charge in [-0.3, -0.25) is 14.4 Å². The topological polar surface area (TPSA) is 116 Å². The van der Waals surface area contributed by atoms with Gasteiger partial charge in [-0.2, -0.15) is 0 Å². The van der Waals surface area contributed by atoms with Crippen LogP contribution in [0.2, 0.25) is 0 Å². The number of ether oxygens (including phenoxy) is 3. The number of benzene rings is 2. The summed E-state index contributed by atoms with van der Waals surface area (Å²) in [5.74, 6) is -1.96. The van der Waals surface area contributed by atoms with E-state index in [1.807, 2.05) is 61.5 Å². The Kier molecular flexibility index (Phi) is 9.38. The molecule has 0 aliphatic carbocycles. The van der Waals surface area contributed by atoms with Crippen LogP contribution in [0.1, 0.15) is 32.7 Å². The van der Waals surface area contributed by atoms with Crippen LogP contribution in [0, 0.1) is 6.92 Å². The number of rotatable bonds is 12. The predicted octanol–water partition coefficient (Wildman–Crippen LogP) is 2.91. The zero-order chi connectivity index (χ0) is 26.1. The third kappa shape index (κ3) is 7.03. The molecular formula is C27H30N2O7. The minimum Gasteiger partial charge on any atom is -0.483 e. The molecule has 0 aliphatic rings. The first-order valence-corrected chi connectivity index (χ1v) is 11.4. The van der Waals surface area contributed by atoms with Crippen molar-refractivity contribution in [1.82, 2.24) is 9.88 Å². The number of pyridine rings is 1. The molecule has 0 fully saturated rings. The summed E-state index contributed by atoms with van der Waals surface area (Å²) >= 11 is 0. The van der Waals surface area contributed by atoms with Crippen molar-refractivity contribution in [2.45, 2.75) is 39.3 Å². The molecule has 0 atom stereocenters. The van der Waals surface area contributed by atoms with E-state index in [1.54, 1.807) is 0 Å². The SMILES string of the molecule is COC(Cn1cc(CC(=O)O)c(=O)c(OCc2ccccc2)c1C(=O)NCc1cccc(C)c1)OC. The van der Waals surface area contributed by atoms with E-state index in [0.29, 0.717) is 0 Å². The van der Waals surface area contributed by atoms with E-state index in [4.69, 9.17) is 14.2 Å². The first-order valence-electron chi connectivity index (χ1n) is 11.4. The van der Waals surface area contributed by atoms with Gasteiger partial charge in [0.05, 0.1) is 13.0 Å². The van der Waals surface area contributed by atoms with Crippen LogP contribution in [0.5, 0.6) is 5.75 Å². The number of hydrogen-bond donors (Lipinski definition) is 2. The van der Waals surface area contributed by atoms with Crippen LogP contribution in [0.4, 0.5) is 0 Å². The Morgan fingerprint density at radius 1 is 1.03 bits per heavy atom. The fourth-order valence-electron chi connectivity index (χ4n) is 3.72. The lowest BCUT2D eigenvalue weighted by atomic mass is 10.1. The average Bonchev–Trinajstić information content (AvgIpc) is 2.86. The molecule has 190 valence electrons. The van der Waals surface area contributed by atoms with Gasteiger partial charge in [0, 0.05) is 32.5 Å². The van der Waals surface area contributed by atoms with Crippen molar-refractivity contribution in [2.75, 3.05) is 14.2 Å². The van der Waals surface area contributed by atoms with Crippen LogP contribution < -0.4 is 15.5 Å². The number of carbonyl (C=O) groups is 2. The van der Waals surface area contributed by atoms with E-state index in [2.05, 4.69) is 5.32 Å². The number of amides is 1. The van der Waals surface area contributed by atoms with Gasteiger partial charge in [-0.1, -0.05) is 60.2 Å². The largest absolute Gasteiger partial charge is 0.483 e. The smallest absolute Gasteiger partial charge is 0.308 e. The molecule has 2 N–H and O–H groups in total. The van der Waals surface area contributed by atoms with Gasteiger partial charge in [-0.25, -0.2) is 0 Å². The zero-order valence-electron chi connectivity index (χ0n) is 20.5. The van der Waals surface area contributed by atoms with E-state index in [9.17, 15) is 19.5 Å². The molecule has 3 aromatic rings. The highest BCUT2D eigenvalue weighted by molar-refractivity contribution is 5.95. The Balaban J connectivity index is 2.06. The number of methoxy groups -OCH3 is 2. The monoisotopic (exact) mass is 494 g/mol. The van der Waals surface area contributed by atoms with E-state index in [-0.39, 0.29) is 36.7 Å². The van der Waals surface area contributed by atoms with Crippen molar-refractivity contribution in [3.63, 3.8) is 0 Å². The van der Waals surface area contributed by atoms with Gasteiger partial charge in [0.15, 0.2) is 17.7 Å². The molecule has 0 unspecified atom stereocenters. The van der Waals surface area contributed by atoms with E-state index in [1.165, 1.54) is 25.0 Å². The Morgan fingerprint density at radius 2 is 1.72 bits per heavy atom. The minimum absolute atomic E-state index is 0.0166. The van der Waals surface area contributed by atoms with Crippen molar-refractivity contribution in [2.24, 2.45) is 0 Å². The second-order valence-electron chi connectivity index (χ2n) is 8.23. The first-order chi connectivity index (χ1) is 17.3. The maximum Gasteiger partial charge on any atom is 0.308 e. The van der Waals surface area contributed by atoms with Crippen LogP contribution in [0.25, 0.3) is 0 Å². The minimum atomic E-state index is -1.18. The summed E-state index contributed by atoms with van der Waals surface area (Å²) in [7, 11) is 2.89. The quantitative estimate of drug-likeness (QED) is 0.372. The van der Waals surface area contributed by atoms with Crippen molar-refractivity contribution in [3.8, 4) is 5.75 Å². The molecule has 0 bridgehead atoms.